The van der Waals surface area contributed by atoms with Gasteiger partial charge in [-0.15, -0.1) is 4.37 Å². The van der Waals surface area contributed by atoms with Gasteiger partial charge in [-0.1, -0.05) is 30.3 Å². The van der Waals surface area contributed by atoms with E-state index in [1.54, 1.807) is 0 Å². The van der Waals surface area contributed by atoms with Crippen LogP contribution in [0, 0.1) is 0 Å². The van der Waals surface area contributed by atoms with Gasteiger partial charge in [0.05, 0.1) is 14.2 Å². The topological polar surface area (TPSA) is 132 Å². The van der Waals surface area contributed by atoms with E-state index in [2.05, 4.69) is 30.0 Å². The van der Waals surface area contributed by atoms with Crippen molar-refractivity contribution in [2.45, 2.75) is 25.4 Å². The lowest BCUT2D eigenvalue weighted by atomic mass is 10.1. The van der Waals surface area contributed by atoms with Gasteiger partial charge in [0.25, 0.3) is 0 Å². The molecular formula is C17H21N5O5S. The maximum absolute atomic E-state index is 12.6. The van der Waals surface area contributed by atoms with Gasteiger partial charge in [-0.05, 0) is 12.5 Å². The summed E-state index contributed by atoms with van der Waals surface area (Å²) in [6.07, 6.45) is -0.502. The lowest BCUT2D eigenvalue weighted by Crippen LogP contribution is -2.52. The van der Waals surface area contributed by atoms with Crippen molar-refractivity contribution in [2.75, 3.05) is 19.5 Å². The molecule has 28 heavy (non-hydrogen) atoms. The van der Waals surface area contributed by atoms with Gasteiger partial charge >= 0.3 is 12.1 Å². The fourth-order valence-electron chi connectivity index (χ4n) is 2.20. The Balaban J connectivity index is 1.99. The SMILES string of the molecule is COC(=O)NC(Cc1ccccc1)C(=O)NC(C)C(=O)Nc1nc(OC)ns1. The number of anilines is 1. The summed E-state index contributed by atoms with van der Waals surface area (Å²) < 4.78 is 13.3. The second-order valence-corrected chi connectivity index (χ2v) is 6.44. The van der Waals surface area contributed by atoms with Gasteiger partial charge in [-0.2, -0.15) is 4.98 Å². The molecule has 1 aromatic carbocycles. The van der Waals surface area contributed by atoms with Crippen LogP contribution in [-0.2, 0) is 20.7 Å². The van der Waals surface area contributed by atoms with E-state index in [0.29, 0.717) is 0 Å². The van der Waals surface area contributed by atoms with Crippen molar-refractivity contribution in [1.29, 1.82) is 0 Å². The first-order chi connectivity index (χ1) is 13.4. The highest BCUT2D eigenvalue weighted by molar-refractivity contribution is 7.10. The summed E-state index contributed by atoms with van der Waals surface area (Å²) in [7, 11) is 2.62. The molecule has 1 aromatic heterocycles. The number of carbonyl (C=O) groups excluding carboxylic acids is 3. The molecule has 3 N–H and O–H groups in total. The standard InChI is InChI=1S/C17H21N5O5S/c1-10(13(23)20-16-21-15(26-2)22-28-16)18-14(24)12(19-17(25)27-3)9-11-7-5-4-6-8-11/h4-8,10,12H,9H2,1-3H3,(H,18,24)(H,19,25)(H,20,21,22,23). The smallest absolute Gasteiger partial charge is 0.407 e. The fraction of sp³-hybridized carbons (Fsp3) is 0.353. The van der Waals surface area contributed by atoms with E-state index in [1.807, 2.05) is 30.3 Å². The minimum Gasteiger partial charge on any atom is -0.466 e. The van der Waals surface area contributed by atoms with Crippen LogP contribution in [0.5, 0.6) is 6.01 Å². The summed E-state index contributed by atoms with van der Waals surface area (Å²) in [4.78, 5) is 40.4. The van der Waals surface area contributed by atoms with E-state index in [1.165, 1.54) is 21.1 Å². The predicted octanol–water partition coefficient (Wildman–Crippen LogP) is 0.957. The predicted molar refractivity (Wildman–Crippen MR) is 102 cm³/mol. The summed E-state index contributed by atoms with van der Waals surface area (Å²) in [6, 6.07) is 7.52. The average Bonchev–Trinajstić information content (AvgIpc) is 3.15. The number of carbonyl (C=O) groups is 3. The summed E-state index contributed by atoms with van der Waals surface area (Å²) in [5.74, 6) is -1.00. The van der Waals surface area contributed by atoms with E-state index in [9.17, 15) is 14.4 Å². The van der Waals surface area contributed by atoms with E-state index in [0.717, 1.165) is 17.1 Å². The minimum atomic E-state index is -0.910. The van der Waals surface area contributed by atoms with E-state index in [4.69, 9.17) is 4.74 Å². The Hall–Kier alpha value is -3.21. The molecule has 0 spiro atoms. The molecule has 0 fully saturated rings. The first-order valence-electron chi connectivity index (χ1n) is 8.30. The zero-order valence-electron chi connectivity index (χ0n) is 15.6. The van der Waals surface area contributed by atoms with E-state index < -0.39 is 30.0 Å². The van der Waals surface area contributed by atoms with Crippen molar-refractivity contribution in [1.82, 2.24) is 20.0 Å². The summed E-state index contributed by atoms with van der Waals surface area (Å²) in [5, 5.41) is 7.84. The number of hydrogen-bond donors (Lipinski definition) is 3. The Bertz CT molecular complexity index is 813. The summed E-state index contributed by atoms with van der Waals surface area (Å²) >= 11 is 0.954. The summed E-state index contributed by atoms with van der Waals surface area (Å²) in [6.45, 7) is 1.52. The van der Waals surface area contributed by atoms with Crippen molar-refractivity contribution >= 4 is 34.6 Å². The van der Waals surface area contributed by atoms with Crippen LogP contribution in [-0.4, -0.2) is 53.6 Å². The Morgan fingerprint density at radius 3 is 2.43 bits per heavy atom. The third kappa shape index (κ3) is 6.20. The number of rotatable bonds is 8. The number of nitrogens with zero attached hydrogens (tertiary/aromatic N) is 2. The van der Waals surface area contributed by atoms with Gasteiger partial charge in [0.15, 0.2) is 0 Å². The second kappa shape index (κ2) is 10.2. The molecule has 1 heterocycles. The van der Waals surface area contributed by atoms with Gasteiger partial charge in [-0.3, -0.25) is 14.9 Å². The van der Waals surface area contributed by atoms with Crippen molar-refractivity contribution in [3.63, 3.8) is 0 Å². The average molecular weight is 407 g/mol. The molecule has 0 saturated heterocycles. The normalized spacial score (nSPS) is 12.4. The molecule has 2 rings (SSSR count). The molecule has 0 radical (unpaired) electrons. The molecule has 10 nitrogen and oxygen atoms in total. The van der Waals surface area contributed by atoms with E-state index in [-0.39, 0.29) is 17.6 Å². The zero-order valence-corrected chi connectivity index (χ0v) is 16.4. The Labute approximate surface area is 165 Å². The molecule has 0 aliphatic heterocycles. The number of nitrogens with one attached hydrogen (secondary N) is 3. The highest BCUT2D eigenvalue weighted by Gasteiger charge is 2.25. The van der Waals surface area contributed by atoms with Crippen LogP contribution in [0.4, 0.5) is 9.93 Å². The Kier molecular flexibility index (Phi) is 7.69. The first kappa shape index (κ1) is 21.1. The number of amides is 3. The molecule has 11 heteroatoms. The lowest BCUT2D eigenvalue weighted by Gasteiger charge is -2.20. The largest absolute Gasteiger partial charge is 0.466 e. The Morgan fingerprint density at radius 1 is 1.11 bits per heavy atom. The molecule has 0 saturated carbocycles. The molecule has 2 unspecified atom stereocenters. The van der Waals surface area contributed by atoms with Gasteiger partial charge in [0.2, 0.25) is 16.9 Å². The van der Waals surface area contributed by atoms with Crippen LogP contribution < -0.4 is 20.7 Å². The molecule has 2 atom stereocenters. The van der Waals surface area contributed by atoms with Gasteiger partial charge in [0, 0.05) is 18.0 Å². The van der Waals surface area contributed by atoms with Crippen molar-refractivity contribution in [3.8, 4) is 6.01 Å². The quantitative estimate of drug-likeness (QED) is 0.594. The second-order valence-electron chi connectivity index (χ2n) is 5.68. The van der Waals surface area contributed by atoms with Crippen LogP contribution in [0.15, 0.2) is 30.3 Å². The molecule has 0 aliphatic rings. The molecular weight excluding hydrogens is 386 g/mol. The zero-order chi connectivity index (χ0) is 20.5. The number of alkyl carbamates (subject to hydrolysis) is 1. The van der Waals surface area contributed by atoms with Crippen LogP contribution in [0.1, 0.15) is 12.5 Å². The van der Waals surface area contributed by atoms with Crippen LogP contribution >= 0.6 is 11.5 Å². The molecule has 2 aromatic rings. The van der Waals surface area contributed by atoms with Crippen LogP contribution in [0.25, 0.3) is 0 Å². The highest BCUT2D eigenvalue weighted by atomic mass is 32.1. The number of hydrogen-bond acceptors (Lipinski definition) is 8. The Morgan fingerprint density at radius 2 is 1.82 bits per heavy atom. The van der Waals surface area contributed by atoms with Crippen molar-refractivity contribution in [3.05, 3.63) is 35.9 Å². The molecule has 150 valence electrons. The molecule has 0 bridgehead atoms. The maximum atomic E-state index is 12.6. The fourth-order valence-corrected chi connectivity index (χ4v) is 2.74. The number of benzene rings is 1. The van der Waals surface area contributed by atoms with Crippen LogP contribution in [0.3, 0.4) is 0 Å². The maximum Gasteiger partial charge on any atom is 0.407 e. The number of ether oxygens (including phenoxy) is 2. The third-order valence-corrected chi connectivity index (χ3v) is 4.26. The lowest BCUT2D eigenvalue weighted by molar-refractivity contribution is -0.127. The first-order valence-corrected chi connectivity index (χ1v) is 9.07. The van der Waals surface area contributed by atoms with Gasteiger partial charge < -0.3 is 20.1 Å². The highest BCUT2D eigenvalue weighted by Crippen LogP contribution is 2.15. The number of aromatic nitrogens is 2. The van der Waals surface area contributed by atoms with Gasteiger partial charge in [0.1, 0.15) is 12.1 Å². The van der Waals surface area contributed by atoms with E-state index >= 15 is 0 Å². The van der Waals surface area contributed by atoms with Crippen LogP contribution in [0.2, 0.25) is 0 Å². The summed E-state index contributed by atoms with van der Waals surface area (Å²) in [5.41, 5.74) is 0.845. The third-order valence-electron chi connectivity index (χ3n) is 3.65. The van der Waals surface area contributed by atoms with Crippen molar-refractivity contribution in [2.24, 2.45) is 0 Å². The molecule has 3 amide bonds. The monoisotopic (exact) mass is 407 g/mol. The van der Waals surface area contributed by atoms with Gasteiger partial charge in [-0.25, -0.2) is 4.79 Å². The molecule has 0 aliphatic carbocycles. The van der Waals surface area contributed by atoms with Crippen molar-refractivity contribution < 1.29 is 23.9 Å². The number of methoxy groups -OCH3 is 2. The minimum absolute atomic E-state index is 0.141.